The predicted octanol–water partition coefficient (Wildman–Crippen LogP) is 5.99. The van der Waals surface area contributed by atoms with Crippen molar-refractivity contribution < 1.29 is 31.5 Å². The lowest BCUT2D eigenvalue weighted by atomic mass is 9.83. The van der Waals surface area contributed by atoms with Gasteiger partial charge in [0, 0.05) is 49.7 Å². The van der Waals surface area contributed by atoms with Crippen molar-refractivity contribution in [2.24, 2.45) is 0 Å². The van der Waals surface area contributed by atoms with E-state index in [0.29, 0.717) is 22.5 Å². The molecule has 1 amide bonds. The highest BCUT2D eigenvalue weighted by molar-refractivity contribution is 5.97. The SMILES string of the molecule is Cc1ccc(-n2nc(C(=O)N3CCC4(CC3)C(=O)CCN4c3ccc(F)c(C(F)(F)F)c3)cc2-c2ccncc2)cc1F. The first-order valence-corrected chi connectivity index (χ1v) is 13.7. The first-order chi connectivity index (χ1) is 20.5. The Labute approximate surface area is 243 Å². The van der Waals surface area contributed by atoms with E-state index in [0.717, 1.165) is 12.1 Å². The van der Waals surface area contributed by atoms with E-state index in [1.165, 1.54) is 16.8 Å². The number of hydrogen-bond donors (Lipinski definition) is 0. The van der Waals surface area contributed by atoms with Crippen LogP contribution in [0.1, 0.15) is 40.9 Å². The summed E-state index contributed by atoms with van der Waals surface area (Å²) in [5, 5.41) is 4.53. The third-order valence-corrected chi connectivity index (χ3v) is 8.35. The Hall–Kier alpha value is -4.61. The Morgan fingerprint density at radius 1 is 0.884 bits per heavy atom. The third-order valence-electron chi connectivity index (χ3n) is 8.35. The number of aromatic nitrogens is 3. The number of alkyl halides is 3. The first kappa shape index (κ1) is 28.5. The second kappa shape index (κ2) is 10.6. The summed E-state index contributed by atoms with van der Waals surface area (Å²) in [5.41, 5.74) is -0.0974. The Morgan fingerprint density at radius 3 is 2.26 bits per heavy atom. The fraction of sp³-hybridized carbons (Fsp3) is 0.290. The summed E-state index contributed by atoms with van der Waals surface area (Å²) in [5.74, 6) is -2.31. The molecule has 0 unspecified atom stereocenters. The van der Waals surface area contributed by atoms with Gasteiger partial charge < -0.3 is 9.80 Å². The molecule has 2 saturated heterocycles. The van der Waals surface area contributed by atoms with E-state index in [1.54, 1.807) is 59.4 Å². The number of anilines is 1. The minimum Gasteiger partial charge on any atom is -0.358 e. The van der Waals surface area contributed by atoms with Crippen LogP contribution in [0, 0.1) is 18.6 Å². The zero-order valence-corrected chi connectivity index (χ0v) is 23.0. The molecule has 2 fully saturated rings. The number of halogens is 5. The number of rotatable bonds is 4. The number of Topliss-reactive ketones (excluding diaryl/α,β-unsaturated/α-hetero) is 1. The number of likely N-dealkylation sites (tertiary alicyclic amines) is 1. The Kier molecular flexibility index (Phi) is 7.02. The topological polar surface area (TPSA) is 71.3 Å². The van der Waals surface area contributed by atoms with Gasteiger partial charge >= 0.3 is 6.18 Å². The van der Waals surface area contributed by atoms with Crippen molar-refractivity contribution in [3.05, 3.63) is 95.4 Å². The van der Waals surface area contributed by atoms with Crippen molar-refractivity contribution in [1.29, 1.82) is 0 Å². The van der Waals surface area contributed by atoms with Crippen LogP contribution >= 0.6 is 0 Å². The molecular weight excluding hydrogens is 569 g/mol. The molecule has 0 aliphatic carbocycles. The zero-order valence-electron chi connectivity index (χ0n) is 23.0. The monoisotopic (exact) mass is 595 g/mol. The molecule has 0 saturated carbocycles. The van der Waals surface area contributed by atoms with Gasteiger partial charge in [-0.2, -0.15) is 18.3 Å². The summed E-state index contributed by atoms with van der Waals surface area (Å²) in [4.78, 5) is 34.0. The standard InChI is InChI=1S/C31H26F5N5O2/c1-19-2-3-22(17-25(19)33)41-27(20-6-11-37-12-7-20)18-26(38-41)29(43)39-14-9-30(10-15-39)28(42)8-13-40(30)21-4-5-24(32)23(16-21)31(34,35)36/h2-7,11-12,16-18H,8-10,13-15H2,1H3. The van der Waals surface area contributed by atoms with E-state index >= 15 is 0 Å². The molecule has 2 aliphatic heterocycles. The molecule has 1 spiro atoms. The molecular formula is C31H26F5N5O2. The number of piperidine rings is 1. The van der Waals surface area contributed by atoms with Gasteiger partial charge in [0.05, 0.1) is 16.9 Å². The molecule has 222 valence electrons. The summed E-state index contributed by atoms with van der Waals surface area (Å²) in [6, 6.07) is 12.5. The van der Waals surface area contributed by atoms with Gasteiger partial charge in [-0.15, -0.1) is 0 Å². The number of carbonyl (C=O) groups is 2. The summed E-state index contributed by atoms with van der Waals surface area (Å²) in [6.45, 7) is 2.16. The normalized spacial score (nSPS) is 16.7. The van der Waals surface area contributed by atoms with Gasteiger partial charge in [-0.05, 0) is 73.9 Å². The number of ketones is 1. The molecule has 0 radical (unpaired) electrons. The first-order valence-electron chi connectivity index (χ1n) is 13.7. The van der Waals surface area contributed by atoms with Gasteiger partial charge in [-0.25, -0.2) is 13.5 Å². The summed E-state index contributed by atoms with van der Waals surface area (Å²) in [7, 11) is 0. The van der Waals surface area contributed by atoms with E-state index in [1.807, 2.05) is 0 Å². The number of pyridine rings is 1. The van der Waals surface area contributed by atoms with Crippen LogP contribution < -0.4 is 4.90 Å². The highest BCUT2D eigenvalue weighted by Crippen LogP contribution is 2.42. The average molecular weight is 596 g/mol. The number of nitrogens with zero attached hydrogens (tertiary/aromatic N) is 5. The number of carbonyl (C=O) groups excluding carboxylic acids is 2. The largest absolute Gasteiger partial charge is 0.419 e. The van der Waals surface area contributed by atoms with Crippen molar-refractivity contribution in [1.82, 2.24) is 19.7 Å². The van der Waals surface area contributed by atoms with E-state index in [2.05, 4.69) is 10.1 Å². The number of hydrogen-bond acceptors (Lipinski definition) is 5. The fourth-order valence-corrected chi connectivity index (χ4v) is 6.00. The molecule has 2 aliphatic rings. The van der Waals surface area contributed by atoms with E-state index in [9.17, 15) is 31.5 Å². The van der Waals surface area contributed by atoms with Crippen molar-refractivity contribution in [2.75, 3.05) is 24.5 Å². The fourth-order valence-electron chi connectivity index (χ4n) is 6.00. The maximum Gasteiger partial charge on any atom is 0.419 e. The van der Waals surface area contributed by atoms with Crippen molar-refractivity contribution in [3.8, 4) is 16.9 Å². The molecule has 4 heterocycles. The molecule has 0 N–H and O–H groups in total. The molecule has 12 heteroatoms. The molecule has 6 rings (SSSR count). The van der Waals surface area contributed by atoms with Crippen LogP contribution in [0.3, 0.4) is 0 Å². The molecule has 4 aromatic rings. The van der Waals surface area contributed by atoms with Gasteiger partial charge in [0.1, 0.15) is 17.2 Å². The van der Waals surface area contributed by atoms with Crippen LogP contribution in [0.25, 0.3) is 16.9 Å². The number of amides is 1. The van der Waals surface area contributed by atoms with E-state index in [4.69, 9.17) is 0 Å². The molecule has 43 heavy (non-hydrogen) atoms. The molecule has 2 aromatic carbocycles. The second-order valence-corrected chi connectivity index (χ2v) is 10.8. The molecule has 2 aromatic heterocycles. The molecule has 7 nitrogen and oxygen atoms in total. The van der Waals surface area contributed by atoms with Crippen LogP contribution in [0.5, 0.6) is 0 Å². The number of benzene rings is 2. The number of aryl methyl sites for hydroxylation is 1. The van der Waals surface area contributed by atoms with Crippen LogP contribution in [0.2, 0.25) is 0 Å². The maximum absolute atomic E-state index is 14.5. The predicted molar refractivity (Wildman–Crippen MR) is 148 cm³/mol. The quantitative estimate of drug-likeness (QED) is 0.271. The van der Waals surface area contributed by atoms with Crippen LogP contribution in [0.4, 0.5) is 27.6 Å². The summed E-state index contributed by atoms with van der Waals surface area (Å²) in [6.07, 6.45) is -1.17. The Bertz CT molecular complexity index is 1710. The summed E-state index contributed by atoms with van der Waals surface area (Å²) < 4.78 is 70.2. The highest BCUT2D eigenvalue weighted by Gasteiger charge is 2.51. The smallest absolute Gasteiger partial charge is 0.358 e. The minimum absolute atomic E-state index is 0.116. The highest BCUT2D eigenvalue weighted by atomic mass is 19.4. The minimum atomic E-state index is -4.88. The van der Waals surface area contributed by atoms with Crippen LogP contribution in [-0.2, 0) is 11.0 Å². The van der Waals surface area contributed by atoms with Crippen LogP contribution in [-0.4, -0.2) is 56.5 Å². The van der Waals surface area contributed by atoms with E-state index < -0.39 is 34.8 Å². The van der Waals surface area contributed by atoms with Gasteiger partial charge in [0.15, 0.2) is 11.5 Å². The van der Waals surface area contributed by atoms with Crippen molar-refractivity contribution >= 4 is 17.4 Å². The zero-order chi connectivity index (χ0) is 30.5. The molecule has 0 atom stereocenters. The van der Waals surface area contributed by atoms with Gasteiger partial charge in [0.25, 0.3) is 5.91 Å². The van der Waals surface area contributed by atoms with Gasteiger partial charge in [-0.1, -0.05) is 6.07 Å². The third kappa shape index (κ3) is 5.04. The maximum atomic E-state index is 14.5. The Morgan fingerprint density at radius 2 is 1.58 bits per heavy atom. The lowest BCUT2D eigenvalue weighted by Crippen LogP contribution is -2.57. The summed E-state index contributed by atoms with van der Waals surface area (Å²) >= 11 is 0. The van der Waals surface area contributed by atoms with Crippen molar-refractivity contribution in [3.63, 3.8) is 0 Å². The average Bonchev–Trinajstić information content (AvgIpc) is 3.57. The van der Waals surface area contributed by atoms with Gasteiger partial charge in [0.2, 0.25) is 0 Å². The van der Waals surface area contributed by atoms with E-state index in [-0.39, 0.29) is 56.1 Å². The lowest BCUT2D eigenvalue weighted by molar-refractivity contribution is -0.139. The lowest BCUT2D eigenvalue weighted by Gasteiger charge is -2.44. The second-order valence-electron chi connectivity index (χ2n) is 10.8. The van der Waals surface area contributed by atoms with Gasteiger partial charge in [-0.3, -0.25) is 14.6 Å². The molecule has 0 bridgehead atoms. The Balaban J connectivity index is 1.27. The van der Waals surface area contributed by atoms with Crippen LogP contribution in [0.15, 0.2) is 67.0 Å². The van der Waals surface area contributed by atoms with Crippen molar-refractivity contribution in [2.45, 2.75) is 37.9 Å².